The van der Waals surface area contributed by atoms with Gasteiger partial charge in [0.05, 0.1) is 5.56 Å². The molecule has 96 valence electrons. The van der Waals surface area contributed by atoms with Gasteiger partial charge in [-0.1, -0.05) is 13.0 Å². The van der Waals surface area contributed by atoms with Crippen LogP contribution >= 0.6 is 0 Å². The maximum atomic E-state index is 12.5. The van der Waals surface area contributed by atoms with Crippen LogP contribution in [-0.4, -0.2) is 19.7 Å². The molecule has 1 atom stereocenters. The monoisotopic (exact) mass is 247 g/mol. The topological polar surface area (TPSA) is 21.3 Å². The molecular weight excluding hydrogens is 231 g/mol. The summed E-state index contributed by atoms with van der Waals surface area (Å²) < 4.78 is 42.9. The summed E-state index contributed by atoms with van der Waals surface area (Å²) >= 11 is 0. The first-order valence-corrected chi connectivity index (χ1v) is 5.46. The average Bonchev–Trinajstić information content (AvgIpc) is 2.28. The molecule has 1 aromatic carbocycles. The van der Waals surface area contributed by atoms with Gasteiger partial charge in [0.25, 0.3) is 0 Å². The minimum Gasteiger partial charge on any atom is -0.489 e. The molecule has 0 heterocycles. The minimum atomic E-state index is -4.33. The fraction of sp³-hybridized carbons (Fsp3) is 0.500. The first-order chi connectivity index (χ1) is 7.97. The van der Waals surface area contributed by atoms with Crippen molar-refractivity contribution in [1.29, 1.82) is 0 Å². The van der Waals surface area contributed by atoms with Gasteiger partial charge in [-0.25, -0.2) is 0 Å². The van der Waals surface area contributed by atoms with Crippen LogP contribution in [0.4, 0.5) is 13.2 Å². The zero-order valence-corrected chi connectivity index (χ0v) is 9.84. The molecule has 0 aliphatic rings. The van der Waals surface area contributed by atoms with E-state index in [0.29, 0.717) is 6.54 Å². The Labute approximate surface area is 98.8 Å². The molecule has 0 aliphatic heterocycles. The number of halogens is 3. The van der Waals surface area contributed by atoms with E-state index in [4.69, 9.17) is 4.74 Å². The molecule has 17 heavy (non-hydrogen) atoms. The van der Waals surface area contributed by atoms with Crippen LogP contribution in [0.1, 0.15) is 18.9 Å². The van der Waals surface area contributed by atoms with E-state index in [0.717, 1.165) is 18.6 Å². The maximum Gasteiger partial charge on any atom is 0.416 e. The molecule has 1 rings (SSSR count). The highest BCUT2D eigenvalue weighted by Gasteiger charge is 2.30. The van der Waals surface area contributed by atoms with Crippen molar-refractivity contribution in [3.8, 4) is 5.75 Å². The molecule has 1 aromatic rings. The molecule has 5 heteroatoms. The van der Waals surface area contributed by atoms with Crippen LogP contribution in [0.15, 0.2) is 24.3 Å². The summed E-state index contributed by atoms with van der Waals surface area (Å²) in [6.45, 7) is 2.53. The van der Waals surface area contributed by atoms with Crippen LogP contribution in [0.3, 0.4) is 0 Å². The minimum absolute atomic E-state index is 0.122. The van der Waals surface area contributed by atoms with Crippen LogP contribution in [-0.2, 0) is 6.18 Å². The van der Waals surface area contributed by atoms with Crippen molar-refractivity contribution in [3.63, 3.8) is 0 Å². The molecule has 0 saturated carbocycles. The van der Waals surface area contributed by atoms with Crippen molar-refractivity contribution in [1.82, 2.24) is 5.32 Å². The molecule has 2 nitrogen and oxygen atoms in total. The van der Waals surface area contributed by atoms with E-state index in [-0.39, 0.29) is 11.9 Å². The molecule has 0 spiro atoms. The van der Waals surface area contributed by atoms with Gasteiger partial charge in [-0.2, -0.15) is 13.2 Å². The Hall–Kier alpha value is -1.23. The number of hydrogen-bond acceptors (Lipinski definition) is 2. The second-order valence-electron chi connectivity index (χ2n) is 3.73. The Kier molecular flexibility index (Phi) is 4.81. The average molecular weight is 247 g/mol. The van der Waals surface area contributed by atoms with Crippen LogP contribution < -0.4 is 10.1 Å². The third-order valence-electron chi connectivity index (χ3n) is 2.35. The number of alkyl halides is 3. The molecule has 1 N–H and O–H groups in total. The van der Waals surface area contributed by atoms with E-state index < -0.39 is 11.7 Å². The molecule has 0 aliphatic carbocycles. The molecule has 0 aromatic heterocycles. The normalized spacial score (nSPS) is 13.5. The van der Waals surface area contributed by atoms with Crippen molar-refractivity contribution in [2.45, 2.75) is 25.6 Å². The van der Waals surface area contributed by atoms with Crippen molar-refractivity contribution in [3.05, 3.63) is 29.8 Å². The lowest BCUT2D eigenvalue weighted by molar-refractivity contribution is -0.137. The number of rotatable bonds is 5. The second kappa shape index (κ2) is 5.91. The summed E-state index contributed by atoms with van der Waals surface area (Å²) in [5, 5.41) is 2.94. The van der Waals surface area contributed by atoms with Gasteiger partial charge in [0.15, 0.2) is 0 Å². The van der Waals surface area contributed by atoms with E-state index in [1.165, 1.54) is 12.1 Å². The van der Waals surface area contributed by atoms with Gasteiger partial charge in [-0.3, -0.25) is 0 Å². The van der Waals surface area contributed by atoms with Crippen molar-refractivity contribution in [2.24, 2.45) is 0 Å². The lowest BCUT2D eigenvalue weighted by atomic mass is 10.2. The van der Waals surface area contributed by atoms with E-state index in [1.54, 1.807) is 7.05 Å². The summed E-state index contributed by atoms with van der Waals surface area (Å²) in [4.78, 5) is 0. The fourth-order valence-corrected chi connectivity index (χ4v) is 1.44. The van der Waals surface area contributed by atoms with Crippen LogP contribution in [0.5, 0.6) is 5.75 Å². The number of ether oxygens (including phenoxy) is 1. The standard InChI is InChI=1S/C12H16F3NO/c1-3-10(8-16-2)17-11-6-4-5-9(7-11)12(13,14)15/h4-7,10,16H,3,8H2,1-2H3. The predicted octanol–water partition coefficient (Wildman–Crippen LogP) is 3.08. The van der Waals surface area contributed by atoms with E-state index in [2.05, 4.69) is 5.32 Å². The zero-order valence-electron chi connectivity index (χ0n) is 9.84. The van der Waals surface area contributed by atoms with Crippen molar-refractivity contribution >= 4 is 0 Å². The summed E-state index contributed by atoms with van der Waals surface area (Å²) in [6, 6.07) is 4.95. The van der Waals surface area contributed by atoms with Gasteiger partial charge in [-0.15, -0.1) is 0 Å². The molecule has 0 radical (unpaired) electrons. The Balaban J connectivity index is 2.78. The lowest BCUT2D eigenvalue weighted by Crippen LogP contribution is -2.28. The van der Waals surface area contributed by atoms with Gasteiger partial charge < -0.3 is 10.1 Å². The third-order valence-corrected chi connectivity index (χ3v) is 2.35. The Bertz CT molecular complexity index is 352. The Morgan fingerprint density at radius 1 is 1.35 bits per heavy atom. The smallest absolute Gasteiger partial charge is 0.416 e. The molecule has 0 bridgehead atoms. The largest absolute Gasteiger partial charge is 0.489 e. The quantitative estimate of drug-likeness (QED) is 0.863. The number of hydrogen-bond donors (Lipinski definition) is 1. The zero-order chi connectivity index (χ0) is 12.9. The van der Waals surface area contributed by atoms with Gasteiger partial charge in [0.2, 0.25) is 0 Å². The van der Waals surface area contributed by atoms with Gasteiger partial charge in [0.1, 0.15) is 11.9 Å². The van der Waals surface area contributed by atoms with Crippen molar-refractivity contribution in [2.75, 3.05) is 13.6 Å². The number of likely N-dealkylation sites (N-methyl/N-ethyl adjacent to an activating group) is 1. The fourth-order valence-electron chi connectivity index (χ4n) is 1.44. The highest BCUT2D eigenvalue weighted by molar-refractivity contribution is 5.30. The van der Waals surface area contributed by atoms with Crippen LogP contribution in [0, 0.1) is 0 Å². The second-order valence-corrected chi connectivity index (χ2v) is 3.73. The Morgan fingerprint density at radius 3 is 2.59 bits per heavy atom. The molecular formula is C12H16F3NO. The number of benzene rings is 1. The molecule has 0 fully saturated rings. The first kappa shape index (κ1) is 13.8. The lowest BCUT2D eigenvalue weighted by Gasteiger charge is -2.18. The van der Waals surface area contributed by atoms with Crippen LogP contribution in [0.2, 0.25) is 0 Å². The van der Waals surface area contributed by atoms with E-state index in [9.17, 15) is 13.2 Å². The third kappa shape index (κ3) is 4.26. The van der Waals surface area contributed by atoms with E-state index >= 15 is 0 Å². The van der Waals surface area contributed by atoms with Crippen molar-refractivity contribution < 1.29 is 17.9 Å². The summed E-state index contributed by atoms with van der Waals surface area (Å²) in [5.41, 5.74) is -0.686. The van der Waals surface area contributed by atoms with Crippen LogP contribution in [0.25, 0.3) is 0 Å². The first-order valence-electron chi connectivity index (χ1n) is 5.46. The molecule has 0 amide bonds. The van der Waals surface area contributed by atoms with Gasteiger partial charge in [0, 0.05) is 6.54 Å². The van der Waals surface area contributed by atoms with E-state index in [1.807, 2.05) is 6.92 Å². The SMILES string of the molecule is CCC(CNC)Oc1cccc(C(F)(F)F)c1. The summed E-state index contributed by atoms with van der Waals surface area (Å²) in [7, 11) is 1.78. The maximum absolute atomic E-state index is 12.5. The van der Waals surface area contributed by atoms with Gasteiger partial charge >= 0.3 is 6.18 Å². The Morgan fingerprint density at radius 2 is 2.06 bits per heavy atom. The number of nitrogens with one attached hydrogen (secondary N) is 1. The highest BCUT2D eigenvalue weighted by atomic mass is 19.4. The predicted molar refractivity (Wildman–Crippen MR) is 60.1 cm³/mol. The van der Waals surface area contributed by atoms with Gasteiger partial charge in [-0.05, 0) is 31.7 Å². The summed E-state index contributed by atoms with van der Waals surface area (Å²) in [5.74, 6) is 0.252. The molecule has 0 saturated heterocycles. The molecule has 1 unspecified atom stereocenters. The summed E-state index contributed by atoms with van der Waals surface area (Å²) in [6.07, 6.45) is -3.72. The highest BCUT2D eigenvalue weighted by Crippen LogP contribution is 2.31.